The number of aryl methyl sites for hydroxylation is 1. The second-order valence-corrected chi connectivity index (χ2v) is 4.86. The van der Waals surface area contributed by atoms with Gasteiger partial charge in [-0.15, -0.1) is 0 Å². The Kier molecular flexibility index (Phi) is 4.99. The van der Waals surface area contributed by atoms with Crippen molar-refractivity contribution in [2.45, 2.75) is 20.0 Å². The van der Waals surface area contributed by atoms with E-state index in [1.807, 2.05) is 0 Å². The van der Waals surface area contributed by atoms with Gasteiger partial charge in [-0.25, -0.2) is 4.79 Å². The Morgan fingerprint density at radius 2 is 2.05 bits per heavy atom. The van der Waals surface area contributed by atoms with Crippen LogP contribution in [0.4, 0.5) is 5.95 Å². The van der Waals surface area contributed by atoms with Gasteiger partial charge in [0, 0.05) is 33.8 Å². The van der Waals surface area contributed by atoms with Gasteiger partial charge in [-0.2, -0.15) is 4.98 Å². The lowest BCUT2D eigenvalue weighted by Gasteiger charge is -2.09. The quantitative estimate of drug-likeness (QED) is 0.674. The molecule has 0 fully saturated rings. The monoisotopic (exact) mass is 310 g/mol. The third kappa shape index (κ3) is 2.64. The van der Waals surface area contributed by atoms with E-state index in [1.165, 1.54) is 9.13 Å². The second kappa shape index (κ2) is 6.75. The van der Waals surface area contributed by atoms with Gasteiger partial charge < -0.3 is 20.4 Å². The third-order valence-electron chi connectivity index (χ3n) is 3.50. The van der Waals surface area contributed by atoms with E-state index in [2.05, 4.69) is 10.3 Å². The molecule has 0 saturated carbocycles. The Hall–Kier alpha value is -2.13. The number of methoxy groups -OCH3 is 1. The fourth-order valence-electron chi connectivity index (χ4n) is 2.37. The Labute approximate surface area is 127 Å². The first-order valence-corrected chi connectivity index (χ1v) is 7.19. The maximum absolute atomic E-state index is 12.5. The molecule has 0 aromatic carbocycles. The van der Waals surface area contributed by atoms with Crippen molar-refractivity contribution in [1.82, 2.24) is 18.7 Å². The number of fused-ring (bicyclic) bond motifs is 1. The summed E-state index contributed by atoms with van der Waals surface area (Å²) in [6.45, 7) is 3.73. The zero-order chi connectivity index (χ0) is 16.3. The first-order valence-electron chi connectivity index (χ1n) is 7.19. The number of rotatable bonds is 7. The molecule has 0 radical (unpaired) electrons. The van der Waals surface area contributed by atoms with E-state index in [1.54, 1.807) is 25.6 Å². The van der Waals surface area contributed by atoms with E-state index < -0.39 is 0 Å². The minimum absolute atomic E-state index is 0.303. The highest BCUT2D eigenvalue weighted by molar-refractivity contribution is 5.74. The van der Waals surface area contributed by atoms with Crippen LogP contribution in [-0.4, -0.2) is 45.5 Å². The summed E-state index contributed by atoms with van der Waals surface area (Å²) in [5.74, 6) is 0.511. The van der Waals surface area contributed by atoms with Crippen LogP contribution in [0.3, 0.4) is 0 Å². The summed E-state index contributed by atoms with van der Waals surface area (Å²) in [6, 6.07) is 0. The van der Waals surface area contributed by atoms with E-state index in [0.717, 1.165) is 0 Å². The fourth-order valence-corrected chi connectivity index (χ4v) is 2.37. The van der Waals surface area contributed by atoms with Gasteiger partial charge in [0.2, 0.25) is 5.95 Å². The van der Waals surface area contributed by atoms with Crippen molar-refractivity contribution >= 4 is 17.1 Å². The molecule has 0 unspecified atom stereocenters. The lowest BCUT2D eigenvalue weighted by atomic mass is 10.4. The molecule has 0 aliphatic rings. The van der Waals surface area contributed by atoms with Crippen LogP contribution >= 0.6 is 0 Å². The predicted octanol–water partition coefficient (Wildman–Crippen LogP) is -1.07. The van der Waals surface area contributed by atoms with E-state index >= 15 is 0 Å². The van der Waals surface area contributed by atoms with Gasteiger partial charge >= 0.3 is 5.69 Å². The molecule has 122 valence electrons. The molecule has 0 aliphatic carbocycles. The van der Waals surface area contributed by atoms with Crippen molar-refractivity contribution in [3.8, 4) is 0 Å². The molecule has 2 aromatic heterocycles. The number of nitrogens with zero attached hydrogens (tertiary/aromatic N) is 4. The molecule has 2 aromatic rings. The first kappa shape index (κ1) is 16.2. The molecular weight excluding hydrogens is 288 g/mol. The zero-order valence-corrected chi connectivity index (χ0v) is 13.1. The van der Waals surface area contributed by atoms with Crippen LogP contribution < -0.4 is 22.3 Å². The molecule has 0 bridgehead atoms. The minimum atomic E-state index is -0.375. The van der Waals surface area contributed by atoms with E-state index in [9.17, 15) is 9.59 Å². The van der Waals surface area contributed by atoms with Gasteiger partial charge in [0.25, 0.3) is 5.56 Å². The molecule has 2 heterocycles. The molecule has 0 aliphatic heterocycles. The number of hydrogen-bond acceptors (Lipinski definition) is 6. The Morgan fingerprint density at radius 1 is 1.32 bits per heavy atom. The number of nitrogens with one attached hydrogen (secondary N) is 1. The number of imidazole rings is 1. The smallest absolute Gasteiger partial charge is 0.332 e. The van der Waals surface area contributed by atoms with Gasteiger partial charge in [0.15, 0.2) is 11.2 Å². The number of hydrogen-bond donors (Lipinski definition) is 2. The van der Waals surface area contributed by atoms with Crippen molar-refractivity contribution in [3.05, 3.63) is 20.8 Å². The Balaban J connectivity index is 2.75. The molecular formula is C13H22N6O3. The Morgan fingerprint density at radius 3 is 2.64 bits per heavy atom. The highest BCUT2D eigenvalue weighted by Gasteiger charge is 2.19. The van der Waals surface area contributed by atoms with Crippen molar-refractivity contribution < 1.29 is 4.74 Å². The number of ether oxygens (including phenoxy) is 1. The molecule has 0 atom stereocenters. The highest BCUT2D eigenvalue weighted by Crippen LogP contribution is 2.13. The molecule has 3 N–H and O–H groups in total. The Bertz CT molecular complexity index is 773. The van der Waals surface area contributed by atoms with Gasteiger partial charge in [-0.3, -0.25) is 13.9 Å². The summed E-state index contributed by atoms with van der Waals surface area (Å²) in [7, 11) is 3.30. The number of nitrogens with two attached hydrogens (primary N) is 1. The number of anilines is 1. The topological polar surface area (TPSA) is 109 Å². The van der Waals surface area contributed by atoms with E-state index in [-0.39, 0.29) is 11.2 Å². The van der Waals surface area contributed by atoms with Crippen molar-refractivity contribution in [2.75, 3.05) is 32.1 Å². The van der Waals surface area contributed by atoms with E-state index in [4.69, 9.17) is 10.5 Å². The molecule has 2 rings (SSSR count). The summed E-state index contributed by atoms with van der Waals surface area (Å²) in [4.78, 5) is 29.4. The normalized spacial score (nSPS) is 11.3. The first-order chi connectivity index (χ1) is 10.6. The molecule has 22 heavy (non-hydrogen) atoms. The van der Waals surface area contributed by atoms with Gasteiger partial charge in [0.1, 0.15) is 0 Å². The van der Waals surface area contributed by atoms with Crippen LogP contribution in [0.15, 0.2) is 9.59 Å². The van der Waals surface area contributed by atoms with Gasteiger partial charge in [0.05, 0.1) is 13.2 Å². The van der Waals surface area contributed by atoms with Crippen LogP contribution in [0.25, 0.3) is 11.2 Å². The van der Waals surface area contributed by atoms with Gasteiger partial charge in [-0.05, 0) is 6.92 Å². The average molecular weight is 310 g/mol. The summed E-state index contributed by atoms with van der Waals surface area (Å²) < 4.78 is 9.37. The molecule has 0 spiro atoms. The van der Waals surface area contributed by atoms with Crippen LogP contribution in [0, 0.1) is 0 Å². The van der Waals surface area contributed by atoms with Gasteiger partial charge in [-0.1, -0.05) is 0 Å². The molecule has 0 saturated heterocycles. The summed E-state index contributed by atoms with van der Waals surface area (Å²) in [5, 5.41) is 3.05. The van der Waals surface area contributed by atoms with Crippen LogP contribution in [0.5, 0.6) is 0 Å². The van der Waals surface area contributed by atoms with E-state index in [0.29, 0.717) is 49.9 Å². The van der Waals surface area contributed by atoms with Crippen LogP contribution in [0.2, 0.25) is 0 Å². The third-order valence-corrected chi connectivity index (χ3v) is 3.50. The minimum Gasteiger partial charge on any atom is -0.383 e. The molecule has 0 amide bonds. The maximum atomic E-state index is 12.5. The summed E-state index contributed by atoms with van der Waals surface area (Å²) in [6.07, 6.45) is 0. The van der Waals surface area contributed by atoms with Crippen LogP contribution in [0.1, 0.15) is 6.92 Å². The number of aromatic nitrogens is 4. The summed E-state index contributed by atoms with van der Waals surface area (Å²) in [5.41, 5.74) is 5.51. The second-order valence-electron chi connectivity index (χ2n) is 4.86. The zero-order valence-electron chi connectivity index (χ0n) is 13.1. The van der Waals surface area contributed by atoms with Crippen molar-refractivity contribution in [1.29, 1.82) is 0 Å². The largest absolute Gasteiger partial charge is 0.383 e. The average Bonchev–Trinajstić information content (AvgIpc) is 2.82. The maximum Gasteiger partial charge on any atom is 0.332 e. The molecule has 9 heteroatoms. The SMILES string of the molecule is CCn1c(=O)c2c(nc(NCCN)n2C)n(CCOC)c1=O. The molecule has 9 nitrogen and oxygen atoms in total. The van der Waals surface area contributed by atoms with Crippen LogP contribution in [-0.2, 0) is 24.9 Å². The van der Waals surface area contributed by atoms with Crippen molar-refractivity contribution in [2.24, 2.45) is 12.8 Å². The summed E-state index contributed by atoms with van der Waals surface area (Å²) >= 11 is 0. The van der Waals surface area contributed by atoms with Crippen molar-refractivity contribution in [3.63, 3.8) is 0 Å². The predicted molar refractivity (Wildman–Crippen MR) is 84.3 cm³/mol. The fraction of sp³-hybridized carbons (Fsp3) is 0.615. The highest BCUT2D eigenvalue weighted by atomic mass is 16.5. The lowest BCUT2D eigenvalue weighted by Crippen LogP contribution is -2.40. The lowest BCUT2D eigenvalue weighted by molar-refractivity contribution is 0.186. The standard InChI is InChI=1S/C13H22N6O3/c1-4-18-11(20)9-10(19(13(18)21)7-8-22-3)16-12(17(9)2)15-6-5-14/h4-8,14H2,1-3H3,(H,15,16).